The number of ether oxygens (including phenoxy) is 1. The second-order valence-corrected chi connectivity index (χ2v) is 4.08. The van der Waals surface area contributed by atoms with Crippen LogP contribution in [0.5, 0.6) is 5.75 Å². The molecule has 0 aromatic heterocycles. The second kappa shape index (κ2) is 6.51. The van der Waals surface area contributed by atoms with Gasteiger partial charge in [0, 0.05) is 5.92 Å². The Bertz CT molecular complexity index is 323. The topological polar surface area (TPSA) is 9.23 Å². The Morgan fingerprint density at radius 3 is 2.62 bits per heavy atom. The Morgan fingerprint density at radius 2 is 2.06 bits per heavy atom. The fourth-order valence-electron chi connectivity index (χ4n) is 1.85. The Hall–Kier alpha value is -1.05. The smallest absolute Gasteiger partial charge is 0.122 e. The van der Waals surface area contributed by atoms with Crippen LogP contribution in [-0.2, 0) is 6.42 Å². The third-order valence-electron chi connectivity index (χ3n) is 2.75. The van der Waals surface area contributed by atoms with Gasteiger partial charge in [0.2, 0.25) is 0 Å². The lowest BCUT2D eigenvalue weighted by molar-refractivity contribution is 0.313. The van der Waals surface area contributed by atoms with E-state index >= 15 is 0 Å². The molecule has 0 heterocycles. The van der Waals surface area contributed by atoms with Crippen LogP contribution in [0.3, 0.4) is 0 Å². The molecule has 0 bridgehead atoms. The third-order valence-corrected chi connectivity index (χ3v) is 2.75. The minimum Gasteiger partial charge on any atom is -0.493 e. The Morgan fingerprint density at radius 1 is 1.31 bits per heavy atom. The van der Waals surface area contributed by atoms with E-state index in [0.717, 1.165) is 36.3 Å². The van der Waals surface area contributed by atoms with E-state index < -0.39 is 0 Å². The zero-order valence-electron chi connectivity index (χ0n) is 10.4. The van der Waals surface area contributed by atoms with E-state index in [0.29, 0.717) is 0 Å². The van der Waals surface area contributed by atoms with Crippen molar-refractivity contribution < 1.29 is 9.13 Å². The summed E-state index contributed by atoms with van der Waals surface area (Å²) < 4.78 is 18.4. The maximum atomic E-state index is 12.7. The molecule has 0 spiro atoms. The monoisotopic (exact) mass is 224 g/mol. The van der Waals surface area contributed by atoms with Crippen molar-refractivity contribution >= 4 is 0 Å². The largest absolute Gasteiger partial charge is 0.493 e. The van der Waals surface area contributed by atoms with Gasteiger partial charge in [-0.3, -0.25) is 4.39 Å². The molecule has 0 aliphatic heterocycles. The first kappa shape index (κ1) is 13.0. The Kier molecular flexibility index (Phi) is 5.30. The fraction of sp³-hybridized carbons (Fsp3) is 0.571. The number of rotatable bonds is 6. The van der Waals surface area contributed by atoms with E-state index in [1.165, 1.54) is 0 Å². The quantitative estimate of drug-likeness (QED) is 0.706. The van der Waals surface area contributed by atoms with Gasteiger partial charge >= 0.3 is 0 Å². The molecule has 1 aromatic carbocycles. The molecule has 1 nitrogen and oxygen atoms in total. The minimum atomic E-state index is -0.315. The zero-order valence-corrected chi connectivity index (χ0v) is 10.4. The molecule has 2 heteroatoms. The molecule has 1 atom stereocenters. The van der Waals surface area contributed by atoms with Crippen molar-refractivity contribution in [1.29, 1.82) is 0 Å². The van der Waals surface area contributed by atoms with Crippen LogP contribution < -0.4 is 4.74 Å². The zero-order chi connectivity index (χ0) is 12.0. The summed E-state index contributed by atoms with van der Waals surface area (Å²) in [7, 11) is 0. The first-order chi connectivity index (χ1) is 7.74. The number of hydrogen-bond acceptors (Lipinski definition) is 1. The van der Waals surface area contributed by atoms with Crippen LogP contribution in [0.15, 0.2) is 18.2 Å². The molecule has 0 radical (unpaired) electrons. The van der Waals surface area contributed by atoms with E-state index in [9.17, 15) is 4.39 Å². The molecule has 0 N–H and O–H groups in total. The van der Waals surface area contributed by atoms with Gasteiger partial charge in [0.05, 0.1) is 13.3 Å². The molecule has 0 aliphatic rings. The fourth-order valence-corrected chi connectivity index (χ4v) is 1.85. The van der Waals surface area contributed by atoms with Crippen LogP contribution in [-0.4, -0.2) is 13.3 Å². The molecule has 1 aromatic rings. The first-order valence-electron chi connectivity index (χ1n) is 6.05. The highest BCUT2D eigenvalue weighted by molar-refractivity contribution is 5.42. The van der Waals surface area contributed by atoms with Crippen LogP contribution in [0.1, 0.15) is 44.2 Å². The lowest BCUT2D eigenvalue weighted by Gasteiger charge is -2.17. The van der Waals surface area contributed by atoms with Crippen LogP contribution in [0.4, 0.5) is 4.39 Å². The molecule has 16 heavy (non-hydrogen) atoms. The molecule has 0 aliphatic carbocycles. The number of halogens is 1. The summed E-state index contributed by atoms with van der Waals surface area (Å²) >= 11 is 0. The Balaban J connectivity index is 3.00. The Labute approximate surface area is 97.6 Å². The van der Waals surface area contributed by atoms with Crippen LogP contribution in [0.2, 0.25) is 0 Å². The van der Waals surface area contributed by atoms with Crippen molar-refractivity contribution in [3.05, 3.63) is 29.3 Å². The van der Waals surface area contributed by atoms with Crippen molar-refractivity contribution in [3.8, 4) is 5.75 Å². The van der Waals surface area contributed by atoms with Crippen LogP contribution in [0, 0.1) is 0 Å². The molecule has 90 valence electrons. The van der Waals surface area contributed by atoms with E-state index in [1.54, 1.807) is 0 Å². The predicted octanol–water partition coefficient (Wildman–Crippen LogP) is 4.11. The van der Waals surface area contributed by atoms with E-state index in [1.807, 2.05) is 25.1 Å². The van der Waals surface area contributed by atoms with Gasteiger partial charge in [-0.25, -0.2) is 0 Å². The summed E-state index contributed by atoms with van der Waals surface area (Å²) in [6, 6.07) is 5.93. The van der Waals surface area contributed by atoms with Gasteiger partial charge in [0.1, 0.15) is 5.75 Å². The van der Waals surface area contributed by atoms with Gasteiger partial charge in [0.25, 0.3) is 0 Å². The van der Waals surface area contributed by atoms with Crippen LogP contribution >= 0.6 is 0 Å². The normalized spacial score (nSPS) is 12.5. The number of hydrogen-bond donors (Lipinski definition) is 0. The van der Waals surface area contributed by atoms with Gasteiger partial charge in [-0.2, -0.15) is 0 Å². The van der Waals surface area contributed by atoms with E-state index in [4.69, 9.17) is 4.74 Å². The SMILES string of the molecule is CCCOc1cccc(C(C)CF)c1CC. The average Bonchev–Trinajstić information content (AvgIpc) is 2.34. The lowest BCUT2D eigenvalue weighted by atomic mass is 9.94. The van der Waals surface area contributed by atoms with Crippen molar-refractivity contribution in [2.24, 2.45) is 0 Å². The van der Waals surface area contributed by atoms with Gasteiger partial charge in [-0.15, -0.1) is 0 Å². The summed E-state index contributed by atoms with van der Waals surface area (Å²) in [6.07, 6.45) is 1.88. The summed E-state index contributed by atoms with van der Waals surface area (Å²) in [5, 5.41) is 0. The van der Waals surface area contributed by atoms with Crippen LogP contribution in [0.25, 0.3) is 0 Å². The molecule has 0 saturated heterocycles. The third kappa shape index (κ3) is 2.97. The maximum Gasteiger partial charge on any atom is 0.122 e. The summed E-state index contributed by atoms with van der Waals surface area (Å²) in [4.78, 5) is 0. The highest BCUT2D eigenvalue weighted by atomic mass is 19.1. The average molecular weight is 224 g/mol. The van der Waals surface area contributed by atoms with Gasteiger partial charge in [-0.05, 0) is 30.0 Å². The summed E-state index contributed by atoms with van der Waals surface area (Å²) in [6.45, 7) is 6.49. The molecular weight excluding hydrogens is 203 g/mol. The number of alkyl halides is 1. The summed E-state index contributed by atoms with van der Waals surface area (Å²) in [5.41, 5.74) is 2.24. The summed E-state index contributed by atoms with van der Waals surface area (Å²) in [5.74, 6) is 0.877. The van der Waals surface area contributed by atoms with Gasteiger partial charge in [0.15, 0.2) is 0 Å². The van der Waals surface area contributed by atoms with E-state index in [-0.39, 0.29) is 12.6 Å². The molecule has 1 rings (SSSR count). The minimum absolute atomic E-state index is 0.0415. The van der Waals surface area contributed by atoms with Crippen molar-refractivity contribution in [2.45, 2.75) is 39.5 Å². The predicted molar refractivity (Wildman–Crippen MR) is 66.0 cm³/mol. The second-order valence-electron chi connectivity index (χ2n) is 4.08. The number of benzene rings is 1. The molecular formula is C14H21FO. The lowest BCUT2D eigenvalue weighted by Crippen LogP contribution is -2.05. The van der Waals surface area contributed by atoms with Crippen molar-refractivity contribution in [1.82, 2.24) is 0 Å². The maximum absolute atomic E-state index is 12.7. The molecule has 0 amide bonds. The molecule has 1 unspecified atom stereocenters. The van der Waals surface area contributed by atoms with Crippen molar-refractivity contribution in [2.75, 3.05) is 13.3 Å². The highest BCUT2D eigenvalue weighted by Gasteiger charge is 2.13. The van der Waals surface area contributed by atoms with Crippen molar-refractivity contribution in [3.63, 3.8) is 0 Å². The molecule has 0 fully saturated rings. The van der Waals surface area contributed by atoms with Gasteiger partial charge in [-0.1, -0.05) is 32.9 Å². The highest BCUT2D eigenvalue weighted by Crippen LogP contribution is 2.29. The van der Waals surface area contributed by atoms with E-state index in [2.05, 4.69) is 13.8 Å². The molecule has 0 saturated carbocycles. The first-order valence-corrected chi connectivity index (χ1v) is 6.05. The van der Waals surface area contributed by atoms with Gasteiger partial charge < -0.3 is 4.74 Å². The standard InChI is InChI=1S/C14H21FO/c1-4-9-16-14-8-6-7-13(11(3)10-15)12(14)5-2/h6-8,11H,4-5,9-10H2,1-3H3.